The zero-order chi connectivity index (χ0) is 11.0. The van der Waals surface area contributed by atoms with Crippen molar-refractivity contribution in [2.24, 2.45) is 11.7 Å². The van der Waals surface area contributed by atoms with Crippen molar-refractivity contribution in [1.82, 2.24) is 0 Å². The molecule has 0 aliphatic carbocycles. The smallest absolute Gasteiger partial charge is 0.00488 e. The van der Waals surface area contributed by atoms with Crippen LogP contribution in [0.2, 0.25) is 0 Å². The maximum atomic E-state index is 5.50. The molecule has 0 rings (SSSR count). The van der Waals surface area contributed by atoms with E-state index >= 15 is 0 Å². The second kappa shape index (κ2) is 7.43. The molecule has 1 heteroatoms. The summed E-state index contributed by atoms with van der Waals surface area (Å²) in [7, 11) is 0. The first-order valence-electron chi connectivity index (χ1n) is 5.30. The lowest BCUT2D eigenvalue weighted by molar-refractivity contribution is 0.557. The zero-order valence-corrected chi connectivity index (χ0v) is 9.72. The molecule has 0 atom stereocenters. The van der Waals surface area contributed by atoms with Crippen LogP contribution in [0.1, 0.15) is 40.0 Å². The molecule has 0 aromatic carbocycles. The lowest BCUT2D eigenvalue weighted by Crippen LogP contribution is -1.88. The fourth-order valence-electron chi connectivity index (χ4n) is 1.16. The Morgan fingerprint density at radius 1 is 1.43 bits per heavy atom. The third kappa shape index (κ3) is 9.11. The molecule has 0 amide bonds. The summed E-state index contributed by atoms with van der Waals surface area (Å²) in [5.74, 6) is 0.790. The van der Waals surface area contributed by atoms with E-state index in [1.807, 2.05) is 25.2 Å². The Kier molecular flexibility index (Phi) is 6.91. The van der Waals surface area contributed by atoms with E-state index in [4.69, 9.17) is 5.73 Å². The first-order valence-corrected chi connectivity index (χ1v) is 5.30. The molecular formula is C13H23N. The van der Waals surface area contributed by atoms with Crippen LogP contribution in [-0.2, 0) is 0 Å². The van der Waals surface area contributed by atoms with Crippen molar-refractivity contribution < 1.29 is 0 Å². The summed E-state index contributed by atoms with van der Waals surface area (Å²) < 4.78 is 0. The van der Waals surface area contributed by atoms with E-state index in [1.54, 1.807) is 0 Å². The molecule has 0 aromatic rings. The second-order valence-electron chi connectivity index (χ2n) is 4.21. The van der Waals surface area contributed by atoms with Crippen LogP contribution in [0.3, 0.4) is 0 Å². The summed E-state index contributed by atoms with van der Waals surface area (Å²) in [4.78, 5) is 0. The largest absolute Gasteiger partial charge is 0.402 e. The monoisotopic (exact) mass is 193 g/mol. The van der Waals surface area contributed by atoms with Gasteiger partial charge in [0.25, 0.3) is 0 Å². The average Bonchev–Trinajstić information content (AvgIpc) is 2.02. The van der Waals surface area contributed by atoms with Gasteiger partial charge in [0, 0.05) is 5.70 Å². The van der Waals surface area contributed by atoms with Crippen LogP contribution in [0.4, 0.5) is 0 Å². The lowest BCUT2D eigenvalue weighted by Gasteiger charge is -2.03. The van der Waals surface area contributed by atoms with E-state index in [0.29, 0.717) is 0 Å². The van der Waals surface area contributed by atoms with Gasteiger partial charge in [-0.3, -0.25) is 0 Å². The van der Waals surface area contributed by atoms with Crippen molar-refractivity contribution in [1.29, 1.82) is 0 Å². The fourth-order valence-corrected chi connectivity index (χ4v) is 1.16. The van der Waals surface area contributed by atoms with Gasteiger partial charge in [-0.1, -0.05) is 44.6 Å². The van der Waals surface area contributed by atoms with E-state index in [-0.39, 0.29) is 0 Å². The molecular weight excluding hydrogens is 170 g/mol. The van der Waals surface area contributed by atoms with E-state index in [1.165, 1.54) is 18.4 Å². The molecule has 0 radical (unpaired) electrons. The standard InChI is InChI=1S/C13H23N/c1-11(2)7-5-8-12(3)9-6-10-13(4)14/h6,9-11H,3,5,7-8,14H2,1-2,4H3/b9-6-,13-10+. The Hall–Kier alpha value is -0.980. The van der Waals surface area contributed by atoms with E-state index in [9.17, 15) is 0 Å². The SMILES string of the molecule is C=C(/C=C\C=C(/C)N)CCCC(C)C. The van der Waals surface area contributed by atoms with Crippen molar-refractivity contribution in [3.05, 3.63) is 36.1 Å². The van der Waals surface area contributed by atoms with Crippen molar-refractivity contribution in [3.63, 3.8) is 0 Å². The molecule has 0 aliphatic heterocycles. The number of allylic oxidation sites excluding steroid dienone is 5. The first kappa shape index (κ1) is 13.0. The predicted octanol–water partition coefficient (Wildman–Crippen LogP) is 3.79. The first-order chi connectivity index (χ1) is 6.52. The van der Waals surface area contributed by atoms with Gasteiger partial charge in [0.2, 0.25) is 0 Å². The zero-order valence-electron chi connectivity index (χ0n) is 9.72. The Morgan fingerprint density at radius 2 is 2.07 bits per heavy atom. The van der Waals surface area contributed by atoms with Crippen LogP contribution in [0.5, 0.6) is 0 Å². The summed E-state index contributed by atoms with van der Waals surface area (Å²) in [6, 6.07) is 0. The third-order valence-corrected chi connectivity index (χ3v) is 1.97. The van der Waals surface area contributed by atoms with Crippen molar-refractivity contribution in [3.8, 4) is 0 Å². The van der Waals surface area contributed by atoms with Gasteiger partial charge in [-0.2, -0.15) is 0 Å². The van der Waals surface area contributed by atoms with Crippen molar-refractivity contribution in [2.45, 2.75) is 40.0 Å². The van der Waals surface area contributed by atoms with Crippen molar-refractivity contribution >= 4 is 0 Å². The summed E-state index contributed by atoms with van der Waals surface area (Å²) in [6.07, 6.45) is 9.49. The van der Waals surface area contributed by atoms with E-state index < -0.39 is 0 Å². The molecule has 0 saturated carbocycles. The lowest BCUT2D eigenvalue weighted by atomic mass is 10.0. The van der Waals surface area contributed by atoms with E-state index in [2.05, 4.69) is 20.4 Å². The van der Waals surface area contributed by atoms with Gasteiger partial charge in [0.05, 0.1) is 0 Å². The van der Waals surface area contributed by atoms with Gasteiger partial charge >= 0.3 is 0 Å². The number of nitrogens with two attached hydrogens (primary N) is 1. The number of hydrogen-bond donors (Lipinski definition) is 1. The highest BCUT2D eigenvalue weighted by molar-refractivity contribution is 5.20. The Bertz CT molecular complexity index is 217. The topological polar surface area (TPSA) is 26.0 Å². The quantitative estimate of drug-likeness (QED) is 0.638. The molecule has 1 nitrogen and oxygen atoms in total. The van der Waals surface area contributed by atoms with Gasteiger partial charge < -0.3 is 5.73 Å². The van der Waals surface area contributed by atoms with Gasteiger partial charge in [-0.15, -0.1) is 0 Å². The number of hydrogen-bond acceptors (Lipinski definition) is 1. The molecule has 0 bridgehead atoms. The molecule has 0 aliphatic rings. The highest BCUT2D eigenvalue weighted by Crippen LogP contribution is 2.11. The molecule has 80 valence electrons. The molecule has 0 spiro atoms. The highest BCUT2D eigenvalue weighted by Gasteiger charge is 1.94. The molecule has 14 heavy (non-hydrogen) atoms. The minimum Gasteiger partial charge on any atom is -0.402 e. The van der Waals surface area contributed by atoms with Gasteiger partial charge in [0.15, 0.2) is 0 Å². The van der Waals surface area contributed by atoms with Crippen LogP contribution in [0.25, 0.3) is 0 Å². The summed E-state index contributed by atoms with van der Waals surface area (Å²) >= 11 is 0. The van der Waals surface area contributed by atoms with Crippen molar-refractivity contribution in [2.75, 3.05) is 0 Å². The third-order valence-electron chi connectivity index (χ3n) is 1.97. The highest BCUT2D eigenvalue weighted by atomic mass is 14.5. The van der Waals surface area contributed by atoms with Crippen LogP contribution in [0, 0.1) is 5.92 Å². The maximum absolute atomic E-state index is 5.50. The van der Waals surface area contributed by atoms with Crippen LogP contribution < -0.4 is 5.73 Å². The minimum atomic E-state index is 0.790. The Morgan fingerprint density at radius 3 is 2.57 bits per heavy atom. The van der Waals surface area contributed by atoms with Gasteiger partial charge in [0.1, 0.15) is 0 Å². The summed E-state index contributed by atoms with van der Waals surface area (Å²) in [6.45, 7) is 10.4. The van der Waals surface area contributed by atoms with E-state index in [0.717, 1.165) is 18.0 Å². The summed E-state index contributed by atoms with van der Waals surface area (Å²) in [5.41, 5.74) is 7.51. The van der Waals surface area contributed by atoms with Crippen LogP contribution in [-0.4, -0.2) is 0 Å². The predicted molar refractivity (Wildman–Crippen MR) is 64.9 cm³/mol. The fraction of sp³-hybridized carbons (Fsp3) is 0.538. The molecule has 0 unspecified atom stereocenters. The molecule has 0 saturated heterocycles. The van der Waals surface area contributed by atoms with Gasteiger partial charge in [-0.05, 0) is 31.8 Å². The normalized spacial score (nSPS) is 12.7. The second-order valence-corrected chi connectivity index (χ2v) is 4.21. The molecule has 0 heterocycles. The molecule has 2 N–H and O–H groups in total. The average molecular weight is 193 g/mol. The molecule has 0 aromatic heterocycles. The van der Waals surface area contributed by atoms with Gasteiger partial charge in [-0.25, -0.2) is 0 Å². The minimum absolute atomic E-state index is 0.790. The maximum Gasteiger partial charge on any atom is 0.00488 e. The Balaban J connectivity index is 3.66. The summed E-state index contributed by atoms with van der Waals surface area (Å²) in [5, 5.41) is 0. The number of rotatable bonds is 6. The molecule has 0 fully saturated rings. The van der Waals surface area contributed by atoms with Crippen LogP contribution in [0.15, 0.2) is 36.1 Å². The Labute approximate surface area is 88.4 Å². The van der Waals surface area contributed by atoms with Crippen LogP contribution >= 0.6 is 0 Å².